The number of nitrogens with two attached hydrogens (primary N) is 1. The smallest absolute Gasteiger partial charge is 0.554 e. The van der Waals surface area contributed by atoms with Crippen molar-refractivity contribution in [2.45, 2.75) is 70.6 Å². The summed E-state index contributed by atoms with van der Waals surface area (Å²) < 4.78 is 12.0. The molecule has 3 unspecified atom stereocenters. The van der Waals surface area contributed by atoms with Crippen LogP contribution in [-0.2, 0) is 19.1 Å². The fourth-order valence-corrected chi connectivity index (χ4v) is 4.79. The fraction of sp³-hybridized carbons (Fsp3) is 0.500. The second kappa shape index (κ2) is 22.6. The molecule has 2 aromatic carbocycles. The minimum absolute atomic E-state index is 0. The fourth-order valence-electron chi connectivity index (χ4n) is 4.18. The van der Waals surface area contributed by atoms with Gasteiger partial charge in [-0.1, -0.05) is 49.4 Å². The number of hydrogen-bond acceptors (Lipinski definition) is 9. The van der Waals surface area contributed by atoms with Crippen LogP contribution in [0.1, 0.15) is 56.8 Å². The molecule has 0 aliphatic carbocycles. The second-order valence-corrected chi connectivity index (χ2v) is 10.9. The van der Waals surface area contributed by atoms with E-state index in [1.54, 1.807) is 12.1 Å². The van der Waals surface area contributed by atoms with Crippen LogP contribution >= 0.6 is 11.8 Å². The first-order valence-electron chi connectivity index (χ1n) is 13.6. The van der Waals surface area contributed by atoms with Gasteiger partial charge in [0.15, 0.2) is 5.79 Å². The van der Waals surface area contributed by atoms with Crippen LogP contribution in [0.3, 0.4) is 0 Å². The number of nitrogens with one attached hydrogen (secondary N) is 1. The molecule has 3 rings (SSSR count). The zero-order valence-electron chi connectivity index (χ0n) is 25.0. The number of aliphatic hydroxyl groups excluding tert-OH is 2. The molecular weight excluding hydrogens is 571 g/mol. The van der Waals surface area contributed by atoms with E-state index in [1.807, 2.05) is 61.2 Å². The van der Waals surface area contributed by atoms with E-state index in [-0.39, 0.29) is 41.4 Å². The predicted molar refractivity (Wildman–Crippen MR) is 158 cm³/mol. The van der Waals surface area contributed by atoms with Gasteiger partial charge in [-0.3, -0.25) is 9.59 Å². The molecule has 1 fully saturated rings. The third-order valence-electron chi connectivity index (χ3n) is 5.97. The summed E-state index contributed by atoms with van der Waals surface area (Å²) in [5, 5.41) is 32.1. The third-order valence-corrected chi connectivity index (χ3v) is 6.95. The van der Waals surface area contributed by atoms with Crippen molar-refractivity contribution in [3.05, 3.63) is 60.2 Å². The van der Waals surface area contributed by atoms with E-state index in [4.69, 9.17) is 19.4 Å². The van der Waals surface area contributed by atoms with Crippen molar-refractivity contribution in [1.82, 2.24) is 5.32 Å². The molecular formula is C30H43N2NaO8S. The van der Waals surface area contributed by atoms with Crippen LogP contribution in [-0.4, -0.2) is 77.3 Å². The summed E-state index contributed by atoms with van der Waals surface area (Å²) >= 11 is 1.86. The van der Waals surface area contributed by atoms with Gasteiger partial charge in [0.05, 0.1) is 24.9 Å². The summed E-state index contributed by atoms with van der Waals surface area (Å²) in [6.07, 6.45) is 0.0254. The van der Waals surface area contributed by atoms with E-state index in [0.717, 1.165) is 29.1 Å². The molecule has 12 heteroatoms. The van der Waals surface area contributed by atoms with Gasteiger partial charge in [-0.15, -0.1) is 0 Å². The van der Waals surface area contributed by atoms with Crippen LogP contribution in [0.2, 0.25) is 0 Å². The first kappa shape index (κ1) is 40.0. The van der Waals surface area contributed by atoms with Gasteiger partial charge >= 0.3 is 29.6 Å². The summed E-state index contributed by atoms with van der Waals surface area (Å²) in [4.78, 5) is 30.0. The van der Waals surface area contributed by atoms with Crippen molar-refractivity contribution in [2.75, 3.05) is 24.7 Å². The molecule has 2 aromatic rings. The number of amides is 2. The summed E-state index contributed by atoms with van der Waals surface area (Å²) in [7, 11) is 0. The van der Waals surface area contributed by atoms with E-state index >= 15 is 0 Å². The largest absolute Gasteiger partial charge is 1.00 e. The molecule has 1 heterocycles. The van der Waals surface area contributed by atoms with E-state index in [0.29, 0.717) is 38.0 Å². The molecule has 0 radical (unpaired) electrons. The van der Waals surface area contributed by atoms with E-state index < -0.39 is 30.6 Å². The van der Waals surface area contributed by atoms with Gasteiger partial charge in [0, 0.05) is 38.3 Å². The first-order valence-corrected chi connectivity index (χ1v) is 14.7. The molecule has 5 N–H and O–H groups in total. The standard InChI is InChI=1S/C27H37NO5S.C2H5NO.CH2O2.Na/c1-3-34-17-7-16-32-27(2)19-23(29)18-25(33-27)24(30)14-15-28-26(31)22-12-10-21(11-13-22)20-8-5-4-6-9-20;1-2(3)4;2-1-3;/h4-6,8-13,23-25,29-30H,3,7,14-19H2,1-2H3,(H,28,31);1H3,(H2,3,4);1H,(H,2,3);/q;;;+1/p-1/t23?,24?,25?,27-;;;/m0.../s1. The van der Waals surface area contributed by atoms with Crippen molar-refractivity contribution in [1.29, 1.82) is 0 Å². The van der Waals surface area contributed by atoms with Gasteiger partial charge in [-0.2, -0.15) is 11.8 Å². The molecule has 10 nitrogen and oxygen atoms in total. The average molecular weight is 615 g/mol. The van der Waals surface area contributed by atoms with Crippen LogP contribution < -0.4 is 45.7 Å². The van der Waals surface area contributed by atoms with Crippen LogP contribution in [0.5, 0.6) is 0 Å². The Morgan fingerprint density at radius 3 is 2.36 bits per heavy atom. The number of primary amides is 1. The monoisotopic (exact) mass is 614 g/mol. The van der Waals surface area contributed by atoms with Gasteiger partial charge in [0.2, 0.25) is 5.91 Å². The number of rotatable bonds is 12. The molecule has 42 heavy (non-hydrogen) atoms. The Morgan fingerprint density at radius 2 is 1.79 bits per heavy atom. The van der Waals surface area contributed by atoms with Crippen molar-refractivity contribution in [2.24, 2.45) is 5.73 Å². The Hall–Kier alpha value is -1.96. The Kier molecular flexibility index (Phi) is 21.5. The summed E-state index contributed by atoms with van der Waals surface area (Å²) in [5.41, 5.74) is 7.19. The Balaban J connectivity index is 0.00000190. The van der Waals surface area contributed by atoms with Gasteiger partial charge in [0.25, 0.3) is 5.91 Å². The molecule has 0 aromatic heterocycles. The van der Waals surface area contributed by atoms with E-state index in [2.05, 4.69) is 18.0 Å². The van der Waals surface area contributed by atoms with Gasteiger partial charge < -0.3 is 40.6 Å². The molecule has 0 spiro atoms. The summed E-state index contributed by atoms with van der Waals surface area (Å²) in [6, 6.07) is 17.5. The maximum Gasteiger partial charge on any atom is 1.00 e. The quantitative estimate of drug-likeness (QED) is 0.135. The molecule has 0 saturated carbocycles. The maximum atomic E-state index is 12.5. The number of aliphatic hydroxyl groups is 2. The van der Waals surface area contributed by atoms with Crippen molar-refractivity contribution in [3.63, 3.8) is 0 Å². The minimum Gasteiger partial charge on any atom is -0.554 e. The molecule has 2 amide bonds. The van der Waals surface area contributed by atoms with Crippen LogP contribution in [0, 0.1) is 0 Å². The van der Waals surface area contributed by atoms with Crippen LogP contribution in [0.4, 0.5) is 0 Å². The molecule has 1 saturated heterocycles. The van der Waals surface area contributed by atoms with Crippen molar-refractivity contribution >= 4 is 30.0 Å². The Labute approximate surface area is 275 Å². The van der Waals surface area contributed by atoms with Gasteiger partial charge in [0.1, 0.15) is 0 Å². The number of carbonyl (C=O) groups is 3. The maximum absolute atomic E-state index is 12.5. The number of thioether (sulfide) groups is 1. The third kappa shape index (κ3) is 16.6. The van der Waals surface area contributed by atoms with E-state index in [1.165, 1.54) is 6.92 Å². The number of hydrogen-bond donors (Lipinski definition) is 4. The van der Waals surface area contributed by atoms with E-state index in [9.17, 15) is 19.8 Å². The number of carboxylic acid groups (broad SMARTS) is 1. The van der Waals surface area contributed by atoms with Gasteiger partial charge in [-0.25, -0.2) is 0 Å². The van der Waals surface area contributed by atoms with Crippen molar-refractivity contribution in [3.8, 4) is 11.1 Å². The molecule has 4 atom stereocenters. The number of carbonyl (C=O) groups excluding carboxylic acids is 3. The topological polar surface area (TPSA) is 171 Å². The molecule has 1 aliphatic heterocycles. The second-order valence-electron chi connectivity index (χ2n) is 9.54. The first-order chi connectivity index (χ1) is 19.5. The summed E-state index contributed by atoms with van der Waals surface area (Å²) in [5.74, 6) is 0.672. The molecule has 1 aliphatic rings. The molecule has 228 valence electrons. The van der Waals surface area contributed by atoms with Gasteiger partial charge in [-0.05, 0) is 54.5 Å². The average Bonchev–Trinajstić information content (AvgIpc) is 2.93. The number of benzene rings is 2. The predicted octanol–water partition coefficient (Wildman–Crippen LogP) is -0.888. The SMILES string of the molecule is CC(N)=O.CCSCCCO[C@]1(C)CC(O)CC(C(O)CCNC(=O)c2ccc(-c3ccccc3)cc2)O1.O=C[O-].[Na+]. The number of ether oxygens (including phenoxy) is 2. The normalized spacial score (nSPS) is 19.8. The Morgan fingerprint density at radius 1 is 1.21 bits per heavy atom. The zero-order chi connectivity index (χ0) is 30.7. The summed E-state index contributed by atoms with van der Waals surface area (Å²) in [6.45, 7) is 5.62. The van der Waals surface area contributed by atoms with Crippen LogP contribution in [0.15, 0.2) is 54.6 Å². The minimum atomic E-state index is -0.913. The zero-order valence-corrected chi connectivity index (χ0v) is 27.8. The molecule has 0 bridgehead atoms. The Bertz CT molecular complexity index is 1030. The van der Waals surface area contributed by atoms with Crippen molar-refractivity contribution < 1.29 is 68.7 Å². The van der Waals surface area contributed by atoms with Crippen LogP contribution in [0.25, 0.3) is 11.1 Å².